The summed E-state index contributed by atoms with van der Waals surface area (Å²) in [6.07, 6.45) is 1.36. The predicted molar refractivity (Wildman–Crippen MR) is 112 cm³/mol. The summed E-state index contributed by atoms with van der Waals surface area (Å²) in [5.74, 6) is -0.949. The molecule has 1 aromatic heterocycles. The van der Waals surface area contributed by atoms with Gasteiger partial charge in [0.05, 0.1) is 13.7 Å². The van der Waals surface area contributed by atoms with Crippen molar-refractivity contribution in [3.05, 3.63) is 63.8 Å². The molecule has 0 aliphatic rings. The zero-order chi connectivity index (χ0) is 21.7. The topological polar surface area (TPSA) is 98.8 Å². The van der Waals surface area contributed by atoms with E-state index in [9.17, 15) is 9.59 Å². The van der Waals surface area contributed by atoms with Gasteiger partial charge in [0.2, 0.25) is 5.76 Å². The van der Waals surface area contributed by atoms with E-state index in [1.165, 1.54) is 25.3 Å². The van der Waals surface area contributed by atoms with Gasteiger partial charge in [-0.05, 0) is 55.0 Å². The standard InChI is InChI=1S/C22H16BrNO6/c1-3-28-21(25)15(12-24)8-13-4-6-18(19(9-13)27-2)30-22(26)20-11-14-10-16(23)5-7-17(14)29-20/h4-11H,3H2,1-2H3/b15-8+. The van der Waals surface area contributed by atoms with E-state index in [1.54, 1.807) is 31.2 Å². The van der Waals surface area contributed by atoms with Gasteiger partial charge in [-0.3, -0.25) is 0 Å². The molecule has 3 rings (SSSR count). The Hall–Kier alpha value is -3.57. The summed E-state index contributed by atoms with van der Waals surface area (Å²) in [6, 6.07) is 13.4. The number of hydrogen-bond donors (Lipinski definition) is 0. The Morgan fingerprint density at radius 1 is 1.17 bits per heavy atom. The van der Waals surface area contributed by atoms with Crippen LogP contribution in [0, 0.1) is 11.3 Å². The second-order valence-electron chi connectivity index (χ2n) is 5.98. The SMILES string of the molecule is CCOC(=O)/C(C#N)=C/c1ccc(OC(=O)c2cc3cc(Br)ccc3o2)c(OC)c1. The molecule has 0 fully saturated rings. The molecule has 2 aromatic carbocycles. The number of nitrogens with zero attached hydrogens (tertiary/aromatic N) is 1. The number of fused-ring (bicyclic) bond motifs is 1. The number of halogens is 1. The smallest absolute Gasteiger partial charge is 0.379 e. The van der Waals surface area contributed by atoms with E-state index in [0.29, 0.717) is 11.1 Å². The highest BCUT2D eigenvalue weighted by Gasteiger charge is 2.18. The van der Waals surface area contributed by atoms with Crippen molar-refractivity contribution in [2.45, 2.75) is 6.92 Å². The minimum atomic E-state index is -0.717. The Balaban J connectivity index is 1.84. The second-order valence-corrected chi connectivity index (χ2v) is 6.90. The van der Waals surface area contributed by atoms with Crippen LogP contribution < -0.4 is 9.47 Å². The quantitative estimate of drug-likeness (QED) is 0.219. The van der Waals surface area contributed by atoms with Gasteiger partial charge in [-0.25, -0.2) is 9.59 Å². The molecule has 0 saturated heterocycles. The molecular formula is C22H16BrNO6. The number of carbonyl (C=O) groups excluding carboxylic acids is 2. The predicted octanol–water partition coefficient (Wildman–Crippen LogP) is 4.89. The molecule has 0 amide bonds. The van der Waals surface area contributed by atoms with Crippen molar-refractivity contribution in [3.63, 3.8) is 0 Å². The van der Waals surface area contributed by atoms with Crippen LogP contribution in [0.5, 0.6) is 11.5 Å². The summed E-state index contributed by atoms with van der Waals surface area (Å²) in [7, 11) is 1.41. The van der Waals surface area contributed by atoms with Crippen LogP contribution in [-0.4, -0.2) is 25.7 Å². The first kappa shape index (κ1) is 21.1. The summed E-state index contributed by atoms with van der Waals surface area (Å²) < 4.78 is 21.9. The van der Waals surface area contributed by atoms with Gasteiger partial charge in [-0.2, -0.15) is 5.26 Å². The van der Waals surface area contributed by atoms with Crippen LogP contribution in [0.25, 0.3) is 17.0 Å². The minimum absolute atomic E-state index is 0.0446. The first-order chi connectivity index (χ1) is 14.4. The van der Waals surface area contributed by atoms with E-state index in [1.807, 2.05) is 12.1 Å². The van der Waals surface area contributed by atoms with Crippen molar-refractivity contribution in [1.82, 2.24) is 0 Å². The van der Waals surface area contributed by atoms with E-state index in [-0.39, 0.29) is 29.4 Å². The molecule has 8 heteroatoms. The Bertz CT molecular complexity index is 1190. The highest BCUT2D eigenvalue weighted by atomic mass is 79.9. The Kier molecular flexibility index (Phi) is 6.54. The fourth-order valence-electron chi connectivity index (χ4n) is 2.64. The first-order valence-corrected chi connectivity index (χ1v) is 9.62. The van der Waals surface area contributed by atoms with Gasteiger partial charge in [0, 0.05) is 9.86 Å². The lowest BCUT2D eigenvalue weighted by Crippen LogP contribution is -2.08. The van der Waals surface area contributed by atoms with Crippen LogP contribution >= 0.6 is 15.9 Å². The van der Waals surface area contributed by atoms with Gasteiger partial charge in [-0.15, -0.1) is 0 Å². The molecule has 1 heterocycles. The number of rotatable bonds is 6. The largest absolute Gasteiger partial charge is 0.493 e. The molecule has 0 aliphatic carbocycles. The van der Waals surface area contributed by atoms with Gasteiger partial charge in [0.1, 0.15) is 17.2 Å². The molecule has 0 unspecified atom stereocenters. The maximum atomic E-state index is 12.5. The van der Waals surface area contributed by atoms with Gasteiger partial charge >= 0.3 is 11.9 Å². The summed E-state index contributed by atoms with van der Waals surface area (Å²) in [4.78, 5) is 24.3. The van der Waals surface area contributed by atoms with Crippen LogP contribution in [0.15, 0.2) is 56.9 Å². The van der Waals surface area contributed by atoms with Crippen LogP contribution in [0.2, 0.25) is 0 Å². The molecule has 30 heavy (non-hydrogen) atoms. The minimum Gasteiger partial charge on any atom is -0.493 e. The summed E-state index contributed by atoms with van der Waals surface area (Å²) in [6.45, 7) is 1.81. The van der Waals surface area contributed by atoms with Crippen molar-refractivity contribution in [3.8, 4) is 17.6 Å². The summed E-state index contributed by atoms with van der Waals surface area (Å²) in [5.41, 5.74) is 0.905. The van der Waals surface area contributed by atoms with E-state index in [4.69, 9.17) is 23.9 Å². The molecular weight excluding hydrogens is 454 g/mol. The third kappa shape index (κ3) is 4.70. The third-order valence-electron chi connectivity index (χ3n) is 4.00. The van der Waals surface area contributed by atoms with E-state index in [0.717, 1.165) is 9.86 Å². The highest BCUT2D eigenvalue weighted by Crippen LogP contribution is 2.31. The molecule has 0 aliphatic heterocycles. The molecule has 0 radical (unpaired) electrons. The highest BCUT2D eigenvalue weighted by molar-refractivity contribution is 9.10. The fourth-order valence-corrected chi connectivity index (χ4v) is 3.01. The molecule has 0 spiro atoms. The number of nitriles is 1. The third-order valence-corrected chi connectivity index (χ3v) is 4.49. The zero-order valence-electron chi connectivity index (χ0n) is 16.1. The molecule has 0 N–H and O–H groups in total. The van der Waals surface area contributed by atoms with Crippen LogP contribution in [0.3, 0.4) is 0 Å². The van der Waals surface area contributed by atoms with Gasteiger partial charge in [-0.1, -0.05) is 22.0 Å². The van der Waals surface area contributed by atoms with Gasteiger partial charge in [0.15, 0.2) is 11.5 Å². The van der Waals surface area contributed by atoms with Crippen molar-refractivity contribution in [2.24, 2.45) is 0 Å². The Morgan fingerprint density at radius 3 is 2.67 bits per heavy atom. The molecule has 0 bridgehead atoms. The fraction of sp³-hybridized carbons (Fsp3) is 0.136. The van der Waals surface area contributed by atoms with Crippen molar-refractivity contribution < 1.29 is 28.2 Å². The lowest BCUT2D eigenvalue weighted by molar-refractivity contribution is -0.137. The first-order valence-electron chi connectivity index (χ1n) is 8.83. The molecule has 0 atom stereocenters. The lowest BCUT2D eigenvalue weighted by atomic mass is 10.1. The average molecular weight is 470 g/mol. The molecule has 7 nitrogen and oxygen atoms in total. The second kappa shape index (κ2) is 9.29. The van der Waals surface area contributed by atoms with Crippen LogP contribution in [-0.2, 0) is 9.53 Å². The lowest BCUT2D eigenvalue weighted by Gasteiger charge is -2.09. The van der Waals surface area contributed by atoms with Crippen molar-refractivity contribution in [1.29, 1.82) is 5.26 Å². The van der Waals surface area contributed by atoms with Gasteiger partial charge in [0.25, 0.3) is 0 Å². The normalized spacial score (nSPS) is 11.1. The van der Waals surface area contributed by atoms with E-state index >= 15 is 0 Å². The molecule has 3 aromatic rings. The Morgan fingerprint density at radius 2 is 1.97 bits per heavy atom. The summed E-state index contributed by atoms with van der Waals surface area (Å²) in [5, 5.41) is 9.91. The number of benzene rings is 2. The number of esters is 2. The number of hydrogen-bond acceptors (Lipinski definition) is 7. The van der Waals surface area contributed by atoms with Gasteiger partial charge < -0.3 is 18.6 Å². The maximum absolute atomic E-state index is 12.5. The monoisotopic (exact) mass is 469 g/mol. The molecule has 152 valence electrons. The van der Waals surface area contributed by atoms with Crippen LogP contribution in [0.1, 0.15) is 23.0 Å². The van der Waals surface area contributed by atoms with Crippen molar-refractivity contribution >= 4 is 44.9 Å². The van der Waals surface area contributed by atoms with Crippen LogP contribution in [0.4, 0.5) is 0 Å². The van der Waals surface area contributed by atoms with E-state index < -0.39 is 11.9 Å². The van der Waals surface area contributed by atoms with Crippen molar-refractivity contribution in [2.75, 3.05) is 13.7 Å². The zero-order valence-corrected chi connectivity index (χ0v) is 17.7. The number of carbonyl (C=O) groups is 2. The maximum Gasteiger partial charge on any atom is 0.379 e. The van der Waals surface area contributed by atoms with E-state index in [2.05, 4.69) is 15.9 Å². The molecule has 0 saturated carbocycles. The summed E-state index contributed by atoms with van der Waals surface area (Å²) >= 11 is 3.37. The average Bonchev–Trinajstić information content (AvgIpc) is 3.16. The Labute approximate surface area is 180 Å². The number of methoxy groups -OCH3 is 1. The number of furan rings is 1. The number of ether oxygens (including phenoxy) is 3.